The molecule has 0 fully saturated rings. The highest BCUT2D eigenvalue weighted by atomic mass is 79.9. The van der Waals surface area contributed by atoms with Crippen molar-refractivity contribution in [3.05, 3.63) is 62.6 Å². The Labute approximate surface area is 137 Å². The van der Waals surface area contributed by atoms with Gasteiger partial charge in [-0.25, -0.2) is 4.98 Å². The number of non-ortho nitro benzene ring substituents is 1. The zero-order chi connectivity index (χ0) is 15.7. The number of benzene rings is 2. The fourth-order valence-corrected chi connectivity index (χ4v) is 2.96. The zero-order valence-corrected chi connectivity index (χ0v) is 13.3. The number of nitrogens with zero attached hydrogens (tertiary/aromatic N) is 2. The summed E-state index contributed by atoms with van der Waals surface area (Å²) in [4.78, 5) is 26.6. The minimum Gasteiger partial charge on any atom is -0.298 e. The van der Waals surface area contributed by atoms with E-state index in [9.17, 15) is 14.9 Å². The molecule has 0 atom stereocenters. The van der Waals surface area contributed by atoms with E-state index in [1.165, 1.54) is 23.5 Å². The molecule has 6 nitrogen and oxygen atoms in total. The maximum atomic E-state index is 12.1. The number of nitro groups is 1. The van der Waals surface area contributed by atoms with Gasteiger partial charge in [0.15, 0.2) is 5.13 Å². The Hall–Kier alpha value is -2.32. The molecule has 110 valence electrons. The number of rotatable bonds is 3. The van der Waals surface area contributed by atoms with E-state index in [1.54, 1.807) is 30.3 Å². The van der Waals surface area contributed by atoms with E-state index in [1.807, 2.05) is 0 Å². The molecule has 0 aliphatic carbocycles. The van der Waals surface area contributed by atoms with Gasteiger partial charge in [0.25, 0.3) is 11.6 Å². The average Bonchev–Trinajstić information content (AvgIpc) is 2.88. The van der Waals surface area contributed by atoms with Crippen LogP contribution < -0.4 is 5.32 Å². The van der Waals surface area contributed by atoms with E-state index < -0.39 is 4.92 Å². The molecule has 22 heavy (non-hydrogen) atoms. The van der Waals surface area contributed by atoms with Crippen LogP contribution in [0.4, 0.5) is 10.8 Å². The molecule has 0 radical (unpaired) electrons. The molecule has 1 heterocycles. The summed E-state index contributed by atoms with van der Waals surface area (Å²) < 4.78 is 1.66. The summed E-state index contributed by atoms with van der Waals surface area (Å²) in [6, 6.07) is 11.4. The second-order valence-corrected chi connectivity index (χ2v) is 6.34. The number of aromatic nitrogens is 1. The fraction of sp³-hybridized carbons (Fsp3) is 0. The fourth-order valence-electron chi connectivity index (χ4n) is 1.85. The van der Waals surface area contributed by atoms with E-state index in [4.69, 9.17) is 0 Å². The molecule has 3 aromatic rings. The summed E-state index contributed by atoms with van der Waals surface area (Å²) in [7, 11) is 0. The third kappa shape index (κ3) is 2.97. The Balaban J connectivity index is 1.86. The molecular formula is C14H8BrN3O3S. The summed E-state index contributed by atoms with van der Waals surface area (Å²) >= 11 is 4.57. The van der Waals surface area contributed by atoms with Gasteiger partial charge < -0.3 is 0 Å². The molecule has 0 unspecified atom stereocenters. The van der Waals surface area contributed by atoms with E-state index in [2.05, 4.69) is 26.2 Å². The lowest BCUT2D eigenvalue weighted by Gasteiger charge is -2.01. The first-order valence-electron chi connectivity index (χ1n) is 6.15. The summed E-state index contributed by atoms with van der Waals surface area (Å²) in [6.07, 6.45) is 0. The highest BCUT2D eigenvalue weighted by Crippen LogP contribution is 2.29. The molecule has 3 rings (SSSR count). The summed E-state index contributed by atoms with van der Waals surface area (Å²) in [5.41, 5.74) is 0.974. The standard InChI is InChI=1S/C14H8BrN3O3S/c15-9-3-1-8(2-4-9)13(19)17-14-16-11-7-10(18(20)21)5-6-12(11)22-14/h1-7H,(H,16,17,19). The summed E-state index contributed by atoms with van der Waals surface area (Å²) in [6.45, 7) is 0. The minimum absolute atomic E-state index is 0.0245. The van der Waals surface area contributed by atoms with Crippen molar-refractivity contribution in [1.29, 1.82) is 0 Å². The van der Waals surface area contributed by atoms with Crippen LogP contribution in [0.25, 0.3) is 10.2 Å². The lowest BCUT2D eigenvalue weighted by Crippen LogP contribution is -2.11. The molecule has 1 N–H and O–H groups in total. The molecule has 0 aliphatic heterocycles. The number of amides is 1. The summed E-state index contributed by atoms with van der Waals surface area (Å²) in [5, 5.41) is 13.9. The first-order valence-corrected chi connectivity index (χ1v) is 7.76. The van der Waals surface area contributed by atoms with Gasteiger partial charge in [0.2, 0.25) is 0 Å². The van der Waals surface area contributed by atoms with Crippen molar-refractivity contribution in [3.8, 4) is 0 Å². The molecule has 1 amide bonds. The number of nitro benzene ring substituents is 1. The van der Waals surface area contributed by atoms with Crippen molar-refractivity contribution in [3.63, 3.8) is 0 Å². The maximum Gasteiger partial charge on any atom is 0.271 e. The van der Waals surface area contributed by atoms with E-state index in [-0.39, 0.29) is 11.6 Å². The average molecular weight is 378 g/mol. The van der Waals surface area contributed by atoms with Gasteiger partial charge in [0.05, 0.1) is 15.1 Å². The van der Waals surface area contributed by atoms with Gasteiger partial charge in [-0.05, 0) is 30.3 Å². The van der Waals surface area contributed by atoms with Gasteiger partial charge in [-0.3, -0.25) is 20.2 Å². The van der Waals surface area contributed by atoms with Crippen LogP contribution in [0.15, 0.2) is 46.9 Å². The first kappa shape index (κ1) is 14.6. The van der Waals surface area contributed by atoms with Crippen molar-refractivity contribution in [2.45, 2.75) is 0 Å². The Morgan fingerprint density at radius 1 is 1.23 bits per heavy atom. The lowest BCUT2D eigenvalue weighted by atomic mass is 10.2. The molecular weight excluding hydrogens is 370 g/mol. The molecule has 1 aromatic heterocycles. The van der Waals surface area contributed by atoms with Crippen LogP contribution in [-0.2, 0) is 0 Å². The largest absolute Gasteiger partial charge is 0.298 e. The third-order valence-corrected chi connectivity index (χ3v) is 4.39. The van der Waals surface area contributed by atoms with Crippen LogP contribution in [0.3, 0.4) is 0 Å². The van der Waals surface area contributed by atoms with Crippen LogP contribution >= 0.6 is 27.3 Å². The highest BCUT2D eigenvalue weighted by molar-refractivity contribution is 9.10. The van der Waals surface area contributed by atoms with Crippen LogP contribution in [0.1, 0.15) is 10.4 Å². The molecule has 2 aromatic carbocycles. The van der Waals surface area contributed by atoms with E-state index in [0.29, 0.717) is 16.2 Å². The molecule has 0 saturated heterocycles. The van der Waals surface area contributed by atoms with E-state index >= 15 is 0 Å². The predicted octanol–water partition coefficient (Wildman–Crippen LogP) is 4.22. The number of hydrogen-bond donors (Lipinski definition) is 1. The van der Waals surface area contributed by atoms with Crippen molar-refractivity contribution >= 4 is 54.2 Å². The van der Waals surface area contributed by atoms with Gasteiger partial charge in [0.1, 0.15) is 0 Å². The SMILES string of the molecule is O=C(Nc1nc2cc([N+](=O)[O-])ccc2s1)c1ccc(Br)cc1. The molecule has 0 aliphatic rings. The van der Waals surface area contributed by atoms with Crippen LogP contribution in [0, 0.1) is 10.1 Å². The molecule has 8 heteroatoms. The smallest absolute Gasteiger partial charge is 0.271 e. The monoisotopic (exact) mass is 377 g/mol. The Morgan fingerprint density at radius 2 is 1.95 bits per heavy atom. The van der Waals surface area contributed by atoms with Crippen LogP contribution in [0.2, 0.25) is 0 Å². The lowest BCUT2D eigenvalue weighted by molar-refractivity contribution is -0.384. The number of nitrogens with one attached hydrogen (secondary N) is 1. The number of carbonyl (C=O) groups is 1. The number of carbonyl (C=O) groups excluding carboxylic acids is 1. The van der Waals surface area contributed by atoms with Gasteiger partial charge in [0, 0.05) is 22.2 Å². The Morgan fingerprint density at radius 3 is 2.64 bits per heavy atom. The van der Waals surface area contributed by atoms with Gasteiger partial charge in [-0.15, -0.1) is 0 Å². The zero-order valence-electron chi connectivity index (χ0n) is 10.9. The number of thiazole rings is 1. The number of halogens is 1. The molecule has 0 spiro atoms. The second-order valence-electron chi connectivity index (χ2n) is 4.39. The Kier molecular flexibility index (Phi) is 3.86. The third-order valence-electron chi connectivity index (χ3n) is 2.91. The van der Waals surface area contributed by atoms with Crippen LogP contribution in [-0.4, -0.2) is 15.8 Å². The van der Waals surface area contributed by atoms with Crippen molar-refractivity contribution < 1.29 is 9.72 Å². The Bertz CT molecular complexity index is 877. The van der Waals surface area contributed by atoms with Crippen LogP contribution in [0.5, 0.6) is 0 Å². The first-order chi connectivity index (χ1) is 10.5. The molecule has 0 bridgehead atoms. The highest BCUT2D eigenvalue weighted by Gasteiger charge is 2.12. The summed E-state index contributed by atoms with van der Waals surface area (Å²) in [5.74, 6) is -0.277. The van der Waals surface area contributed by atoms with Crippen molar-refractivity contribution in [1.82, 2.24) is 4.98 Å². The van der Waals surface area contributed by atoms with Crippen molar-refractivity contribution in [2.24, 2.45) is 0 Å². The van der Waals surface area contributed by atoms with Gasteiger partial charge in [-0.1, -0.05) is 27.3 Å². The van der Waals surface area contributed by atoms with E-state index in [0.717, 1.165) is 9.17 Å². The molecule has 0 saturated carbocycles. The predicted molar refractivity (Wildman–Crippen MR) is 88.4 cm³/mol. The number of anilines is 1. The topological polar surface area (TPSA) is 85.1 Å². The van der Waals surface area contributed by atoms with Crippen molar-refractivity contribution in [2.75, 3.05) is 5.32 Å². The van der Waals surface area contributed by atoms with Gasteiger partial charge >= 0.3 is 0 Å². The quantitative estimate of drug-likeness (QED) is 0.546. The second kappa shape index (κ2) is 5.82. The number of fused-ring (bicyclic) bond motifs is 1. The normalized spacial score (nSPS) is 10.6. The maximum absolute atomic E-state index is 12.1. The number of hydrogen-bond acceptors (Lipinski definition) is 5. The minimum atomic E-state index is -0.473. The van der Waals surface area contributed by atoms with Gasteiger partial charge in [-0.2, -0.15) is 0 Å².